The fraction of sp³-hybridized carbons (Fsp3) is 0.385. The van der Waals surface area contributed by atoms with Crippen LogP contribution in [0.15, 0.2) is 22.6 Å². The fourth-order valence-corrected chi connectivity index (χ4v) is 2.71. The molecule has 0 bridgehead atoms. The van der Waals surface area contributed by atoms with Gasteiger partial charge in [0.2, 0.25) is 0 Å². The third-order valence-corrected chi connectivity index (χ3v) is 3.53. The summed E-state index contributed by atoms with van der Waals surface area (Å²) in [6.07, 6.45) is 0. The molecule has 2 N–H and O–H groups in total. The van der Waals surface area contributed by atoms with E-state index in [-0.39, 0.29) is 5.41 Å². The Labute approximate surface area is 109 Å². The first-order valence-corrected chi connectivity index (χ1v) is 6.43. The van der Waals surface area contributed by atoms with Gasteiger partial charge in [0.25, 0.3) is 0 Å². The van der Waals surface area contributed by atoms with Gasteiger partial charge in [0, 0.05) is 10.9 Å². The molecule has 0 radical (unpaired) electrons. The third-order valence-electron chi connectivity index (χ3n) is 2.68. The van der Waals surface area contributed by atoms with Gasteiger partial charge in [0.15, 0.2) is 0 Å². The highest BCUT2D eigenvalue weighted by Crippen LogP contribution is 2.36. The van der Waals surface area contributed by atoms with Crippen molar-refractivity contribution in [2.75, 3.05) is 0 Å². The van der Waals surface area contributed by atoms with Crippen LogP contribution in [0.5, 0.6) is 0 Å². The lowest BCUT2D eigenvalue weighted by atomic mass is 9.85. The average Bonchev–Trinajstić information content (AvgIpc) is 2.57. The molecular formula is C13H16INO. The number of hydrogen-bond donors (Lipinski definition) is 1. The molecule has 86 valence electrons. The van der Waals surface area contributed by atoms with E-state index in [2.05, 4.69) is 61.6 Å². The summed E-state index contributed by atoms with van der Waals surface area (Å²) >= 11 is 2.30. The normalized spacial score (nSPS) is 12.3. The van der Waals surface area contributed by atoms with E-state index in [4.69, 9.17) is 10.2 Å². The van der Waals surface area contributed by atoms with Crippen LogP contribution < -0.4 is 5.73 Å². The molecule has 3 heteroatoms. The summed E-state index contributed by atoms with van der Waals surface area (Å²) < 4.78 is 7.01. The summed E-state index contributed by atoms with van der Waals surface area (Å²) in [5, 5.41) is 1.19. The second kappa shape index (κ2) is 4.04. The second-order valence-corrected chi connectivity index (χ2v) is 6.13. The van der Waals surface area contributed by atoms with Gasteiger partial charge in [-0.1, -0.05) is 32.9 Å². The van der Waals surface area contributed by atoms with E-state index >= 15 is 0 Å². The summed E-state index contributed by atoms with van der Waals surface area (Å²) in [6.45, 7) is 7.03. The third kappa shape index (κ3) is 1.86. The Morgan fingerprint density at radius 2 is 2.00 bits per heavy atom. The van der Waals surface area contributed by atoms with Crippen LogP contribution in [-0.2, 0) is 12.0 Å². The molecule has 0 amide bonds. The van der Waals surface area contributed by atoms with Crippen molar-refractivity contribution >= 4 is 33.6 Å². The average molecular weight is 329 g/mol. The Balaban J connectivity index is 2.84. The lowest BCUT2D eigenvalue weighted by Crippen LogP contribution is -2.14. The molecule has 16 heavy (non-hydrogen) atoms. The first kappa shape index (κ1) is 11.9. The Kier molecular flexibility index (Phi) is 3.01. The molecule has 1 aromatic heterocycles. The number of rotatable bonds is 1. The quantitative estimate of drug-likeness (QED) is 0.809. The van der Waals surface area contributed by atoms with Crippen molar-refractivity contribution in [1.29, 1.82) is 0 Å². The van der Waals surface area contributed by atoms with Gasteiger partial charge in [-0.15, -0.1) is 0 Å². The fourth-order valence-electron chi connectivity index (χ4n) is 2.10. The number of nitrogens with two attached hydrogens (primary N) is 1. The zero-order valence-corrected chi connectivity index (χ0v) is 12.0. The van der Waals surface area contributed by atoms with E-state index in [1.54, 1.807) is 0 Å². The van der Waals surface area contributed by atoms with Crippen molar-refractivity contribution in [3.05, 3.63) is 33.1 Å². The molecule has 0 aliphatic carbocycles. The number of hydrogen-bond acceptors (Lipinski definition) is 2. The highest BCUT2D eigenvalue weighted by molar-refractivity contribution is 14.1. The van der Waals surface area contributed by atoms with Crippen molar-refractivity contribution in [2.24, 2.45) is 5.73 Å². The van der Waals surface area contributed by atoms with E-state index in [9.17, 15) is 0 Å². The SMILES string of the molecule is CC(C)(C)c1c(CN)oc2c(I)cccc12. The molecule has 0 spiro atoms. The largest absolute Gasteiger partial charge is 0.458 e. The van der Waals surface area contributed by atoms with Gasteiger partial charge in [-0.2, -0.15) is 0 Å². The predicted octanol–water partition coefficient (Wildman–Crippen LogP) is 3.79. The maximum Gasteiger partial charge on any atom is 0.147 e. The van der Waals surface area contributed by atoms with Gasteiger partial charge in [-0.3, -0.25) is 0 Å². The first-order chi connectivity index (χ1) is 7.45. The number of fused-ring (bicyclic) bond motifs is 1. The number of para-hydroxylation sites is 1. The van der Waals surface area contributed by atoms with E-state index < -0.39 is 0 Å². The van der Waals surface area contributed by atoms with E-state index in [1.807, 2.05) is 0 Å². The Hall–Kier alpha value is -0.550. The van der Waals surface area contributed by atoms with Crippen LogP contribution in [0.25, 0.3) is 11.0 Å². The standard InChI is InChI=1S/C13H16INO/c1-13(2,3)11-8-5-4-6-9(14)12(8)16-10(11)7-15/h4-6H,7,15H2,1-3H3. The van der Waals surface area contributed by atoms with Crippen LogP contribution in [0.1, 0.15) is 32.1 Å². The van der Waals surface area contributed by atoms with Crippen LogP contribution in [-0.4, -0.2) is 0 Å². The Morgan fingerprint density at radius 1 is 1.31 bits per heavy atom. The van der Waals surface area contributed by atoms with Gasteiger partial charge in [0.1, 0.15) is 11.3 Å². The summed E-state index contributed by atoms with van der Waals surface area (Å²) in [5.41, 5.74) is 8.03. The summed E-state index contributed by atoms with van der Waals surface area (Å²) in [7, 11) is 0. The van der Waals surface area contributed by atoms with E-state index in [0.717, 1.165) is 14.9 Å². The van der Waals surface area contributed by atoms with Crippen molar-refractivity contribution in [1.82, 2.24) is 0 Å². The molecule has 0 aliphatic rings. The molecule has 1 aromatic carbocycles. The molecule has 2 aromatic rings. The number of halogens is 1. The summed E-state index contributed by atoms with van der Waals surface area (Å²) in [4.78, 5) is 0. The molecule has 0 atom stereocenters. The zero-order chi connectivity index (χ0) is 11.9. The topological polar surface area (TPSA) is 39.2 Å². The molecule has 0 fully saturated rings. The van der Waals surface area contributed by atoms with Gasteiger partial charge < -0.3 is 10.2 Å². The summed E-state index contributed by atoms with van der Waals surface area (Å²) in [5.74, 6) is 0.909. The minimum absolute atomic E-state index is 0.0599. The second-order valence-electron chi connectivity index (χ2n) is 4.97. The molecule has 0 aliphatic heterocycles. The Morgan fingerprint density at radius 3 is 2.56 bits per heavy atom. The number of furan rings is 1. The lowest BCUT2D eigenvalue weighted by Gasteiger charge is -2.18. The van der Waals surface area contributed by atoms with Crippen LogP contribution in [0.4, 0.5) is 0 Å². The monoisotopic (exact) mass is 329 g/mol. The molecule has 0 saturated heterocycles. The van der Waals surface area contributed by atoms with Crippen molar-refractivity contribution < 1.29 is 4.42 Å². The minimum Gasteiger partial charge on any atom is -0.458 e. The van der Waals surface area contributed by atoms with Crippen LogP contribution >= 0.6 is 22.6 Å². The predicted molar refractivity (Wildman–Crippen MR) is 75.5 cm³/mol. The van der Waals surface area contributed by atoms with Gasteiger partial charge >= 0.3 is 0 Å². The minimum atomic E-state index is 0.0599. The lowest BCUT2D eigenvalue weighted by molar-refractivity contribution is 0.510. The van der Waals surface area contributed by atoms with Crippen molar-refractivity contribution in [3.63, 3.8) is 0 Å². The maximum absolute atomic E-state index is 5.87. The molecular weight excluding hydrogens is 313 g/mol. The first-order valence-electron chi connectivity index (χ1n) is 5.35. The van der Waals surface area contributed by atoms with E-state index in [1.165, 1.54) is 10.9 Å². The van der Waals surface area contributed by atoms with Crippen LogP contribution in [0.2, 0.25) is 0 Å². The highest BCUT2D eigenvalue weighted by Gasteiger charge is 2.24. The van der Waals surface area contributed by atoms with Crippen LogP contribution in [0.3, 0.4) is 0 Å². The zero-order valence-electron chi connectivity index (χ0n) is 9.80. The molecule has 1 heterocycles. The smallest absolute Gasteiger partial charge is 0.147 e. The molecule has 0 unspecified atom stereocenters. The van der Waals surface area contributed by atoms with Crippen molar-refractivity contribution in [2.45, 2.75) is 32.7 Å². The number of benzene rings is 1. The van der Waals surface area contributed by atoms with Gasteiger partial charge in [-0.05, 0) is 34.1 Å². The van der Waals surface area contributed by atoms with Crippen molar-refractivity contribution in [3.8, 4) is 0 Å². The highest BCUT2D eigenvalue weighted by atomic mass is 127. The van der Waals surface area contributed by atoms with E-state index in [0.29, 0.717) is 6.54 Å². The molecule has 2 nitrogen and oxygen atoms in total. The Bertz CT molecular complexity index is 522. The van der Waals surface area contributed by atoms with Gasteiger partial charge in [0.05, 0.1) is 10.1 Å². The van der Waals surface area contributed by atoms with Gasteiger partial charge in [-0.25, -0.2) is 0 Å². The van der Waals surface area contributed by atoms with Crippen LogP contribution in [0, 0.1) is 3.57 Å². The molecule has 2 rings (SSSR count). The summed E-state index contributed by atoms with van der Waals surface area (Å²) in [6, 6.07) is 6.23. The molecule has 0 saturated carbocycles. The maximum atomic E-state index is 5.87.